The number of nitrogens with one attached hydrogen (secondary N) is 1. The molecule has 0 saturated heterocycles. The topological polar surface area (TPSA) is 30.5 Å². The van der Waals surface area contributed by atoms with E-state index in [0.29, 0.717) is 6.10 Å². The van der Waals surface area contributed by atoms with Gasteiger partial charge in [0.2, 0.25) is 0 Å². The van der Waals surface area contributed by atoms with Crippen LogP contribution in [0.5, 0.6) is 0 Å². The molecule has 0 radical (unpaired) electrons. The summed E-state index contributed by atoms with van der Waals surface area (Å²) in [6, 6.07) is 0. The van der Waals surface area contributed by atoms with Crippen LogP contribution in [0, 0.1) is 0 Å². The summed E-state index contributed by atoms with van der Waals surface area (Å²) in [5.74, 6) is 0. The Balaban J connectivity index is 3.07. The summed E-state index contributed by atoms with van der Waals surface area (Å²) in [5, 5.41) is 3.30. The van der Waals surface area contributed by atoms with E-state index in [1.54, 1.807) is 7.11 Å². The molecule has 0 aromatic carbocycles. The van der Waals surface area contributed by atoms with Crippen LogP contribution in [-0.2, 0) is 9.47 Å². The molecule has 0 heterocycles. The Kier molecular flexibility index (Phi) is 10.9. The van der Waals surface area contributed by atoms with Crippen molar-refractivity contribution in [2.24, 2.45) is 0 Å². The Morgan fingerprint density at radius 2 is 2.00 bits per heavy atom. The van der Waals surface area contributed by atoms with Crippen molar-refractivity contribution in [3.63, 3.8) is 0 Å². The first-order chi connectivity index (χ1) is 6.81. The zero-order chi connectivity index (χ0) is 10.6. The van der Waals surface area contributed by atoms with Gasteiger partial charge in [-0.15, -0.1) is 0 Å². The van der Waals surface area contributed by atoms with Crippen molar-refractivity contribution in [3.8, 4) is 0 Å². The summed E-state index contributed by atoms with van der Waals surface area (Å²) >= 11 is 0. The molecular weight excluding hydrogens is 178 g/mol. The Bertz CT molecular complexity index is 97.5. The van der Waals surface area contributed by atoms with Crippen molar-refractivity contribution >= 4 is 0 Å². The van der Waals surface area contributed by atoms with E-state index in [0.717, 1.165) is 39.1 Å². The third-order valence-electron chi connectivity index (χ3n) is 2.11. The fourth-order valence-electron chi connectivity index (χ4n) is 1.26. The summed E-state index contributed by atoms with van der Waals surface area (Å²) in [5.41, 5.74) is 0. The van der Waals surface area contributed by atoms with Gasteiger partial charge < -0.3 is 14.8 Å². The second-order valence-corrected chi connectivity index (χ2v) is 3.52. The maximum absolute atomic E-state index is 5.62. The highest BCUT2D eigenvalue weighted by Gasteiger charge is 2.00. The summed E-state index contributed by atoms with van der Waals surface area (Å²) < 4.78 is 10.6. The van der Waals surface area contributed by atoms with Crippen molar-refractivity contribution in [1.29, 1.82) is 0 Å². The van der Waals surface area contributed by atoms with Crippen molar-refractivity contribution in [2.45, 2.75) is 39.2 Å². The van der Waals surface area contributed by atoms with Crippen LogP contribution < -0.4 is 5.32 Å². The quantitative estimate of drug-likeness (QED) is 0.549. The molecule has 0 aliphatic heterocycles. The minimum atomic E-state index is 0.380. The van der Waals surface area contributed by atoms with Gasteiger partial charge in [0.05, 0.1) is 6.10 Å². The number of ether oxygens (including phenoxy) is 2. The average molecular weight is 203 g/mol. The van der Waals surface area contributed by atoms with Gasteiger partial charge in [0, 0.05) is 20.3 Å². The molecule has 0 aromatic rings. The maximum atomic E-state index is 5.62. The first-order valence-electron chi connectivity index (χ1n) is 5.62. The predicted molar refractivity (Wildman–Crippen MR) is 59.7 cm³/mol. The molecular formula is C11H25NO2. The lowest BCUT2D eigenvalue weighted by atomic mass is 10.2. The maximum Gasteiger partial charge on any atom is 0.0547 e. The standard InChI is InChI=1S/C11H25NO2/c1-4-12-8-5-7-11(2)14-10-6-9-13-3/h11-12H,4-10H2,1-3H3. The largest absolute Gasteiger partial charge is 0.385 e. The van der Waals surface area contributed by atoms with Gasteiger partial charge in [0.25, 0.3) is 0 Å². The molecule has 0 spiro atoms. The van der Waals surface area contributed by atoms with Crippen LogP contribution in [-0.4, -0.2) is 39.5 Å². The number of rotatable bonds is 10. The fraction of sp³-hybridized carbons (Fsp3) is 1.00. The first kappa shape index (κ1) is 13.9. The van der Waals surface area contributed by atoms with E-state index in [1.807, 2.05) is 0 Å². The Hall–Kier alpha value is -0.120. The predicted octanol–water partition coefficient (Wildman–Crippen LogP) is 1.82. The Morgan fingerprint density at radius 1 is 1.21 bits per heavy atom. The molecule has 0 aliphatic rings. The van der Waals surface area contributed by atoms with E-state index in [-0.39, 0.29) is 0 Å². The molecule has 1 atom stereocenters. The number of hydrogen-bond acceptors (Lipinski definition) is 3. The van der Waals surface area contributed by atoms with Crippen LogP contribution in [0.15, 0.2) is 0 Å². The lowest BCUT2D eigenvalue weighted by Crippen LogP contribution is -2.17. The van der Waals surface area contributed by atoms with E-state index in [1.165, 1.54) is 6.42 Å². The summed E-state index contributed by atoms with van der Waals surface area (Å²) in [6.45, 7) is 8.04. The van der Waals surface area contributed by atoms with Crippen LogP contribution in [0.2, 0.25) is 0 Å². The SMILES string of the molecule is CCNCCCC(C)OCCCOC. The Labute approximate surface area is 88.2 Å². The minimum absolute atomic E-state index is 0.380. The third kappa shape index (κ3) is 9.96. The van der Waals surface area contributed by atoms with Gasteiger partial charge in [-0.2, -0.15) is 0 Å². The highest BCUT2D eigenvalue weighted by molar-refractivity contribution is 4.53. The first-order valence-corrected chi connectivity index (χ1v) is 5.62. The van der Waals surface area contributed by atoms with Gasteiger partial charge in [-0.05, 0) is 39.3 Å². The van der Waals surface area contributed by atoms with Crippen LogP contribution in [0.4, 0.5) is 0 Å². The zero-order valence-electron chi connectivity index (χ0n) is 9.84. The van der Waals surface area contributed by atoms with Crippen LogP contribution >= 0.6 is 0 Å². The molecule has 0 amide bonds. The molecule has 0 saturated carbocycles. The van der Waals surface area contributed by atoms with Gasteiger partial charge >= 0.3 is 0 Å². The molecule has 0 bridgehead atoms. The van der Waals surface area contributed by atoms with Crippen molar-refractivity contribution < 1.29 is 9.47 Å². The Morgan fingerprint density at radius 3 is 2.64 bits per heavy atom. The molecule has 0 rings (SSSR count). The molecule has 0 fully saturated rings. The van der Waals surface area contributed by atoms with Crippen LogP contribution in [0.25, 0.3) is 0 Å². The smallest absolute Gasteiger partial charge is 0.0547 e. The molecule has 0 aromatic heterocycles. The number of methoxy groups -OCH3 is 1. The number of hydrogen-bond donors (Lipinski definition) is 1. The summed E-state index contributed by atoms with van der Waals surface area (Å²) in [6.07, 6.45) is 3.71. The summed E-state index contributed by atoms with van der Waals surface area (Å²) in [4.78, 5) is 0. The zero-order valence-corrected chi connectivity index (χ0v) is 9.84. The van der Waals surface area contributed by atoms with E-state index in [4.69, 9.17) is 9.47 Å². The second-order valence-electron chi connectivity index (χ2n) is 3.52. The average Bonchev–Trinajstić information content (AvgIpc) is 2.19. The van der Waals surface area contributed by atoms with Crippen molar-refractivity contribution in [2.75, 3.05) is 33.4 Å². The monoisotopic (exact) mass is 203 g/mol. The van der Waals surface area contributed by atoms with Crippen LogP contribution in [0.1, 0.15) is 33.1 Å². The molecule has 3 heteroatoms. The van der Waals surface area contributed by atoms with E-state index >= 15 is 0 Å². The van der Waals surface area contributed by atoms with Gasteiger partial charge in [0.15, 0.2) is 0 Å². The third-order valence-corrected chi connectivity index (χ3v) is 2.11. The highest BCUT2D eigenvalue weighted by Crippen LogP contribution is 2.01. The molecule has 1 N–H and O–H groups in total. The lowest BCUT2D eigenvalue weighted by molar-refractivity contribution is 0.0446. The van der Waals surface area contributed by atoms with Crippen LogP contribution in [0.3, 0.4) is 0 Å². The van der Waals surface area contributed by atoms with Crippen molar-refractivity contribution in [1.82, 2.24) is 5.32 Å². The molecule has 0 aliphatic carbocycles. The molecule has 14 heavy (non-hydrogen) atoms. The minimum Gasteiger partial charge on any atom is -0.385 e. The van der Waals surface area contributed by atoms with E-state index in [9.17, 15) is 0 Å². The van der Waals surface area contributed by atoms with Gasteiger partial charge in [-0.25, -0.2) is 0 Å². The van der Waals surface area contributed by atoms with Gasteiger partial charge in [-0.1, -0.05) is 6.92 Å². The van der Waals surface area contributed by atoms with Gasteiger partial charge in [-0.3, -0.25) is 0 Å². The highest BCUT2D eigenvalue weighted by atomic mass is 16.5. The second kappa shape index (κ2) is 11.0. The van der Waals surface area contributed by atoms with E-state index in [2.05, 4.69) is 19.2 Å². The molecule has 3 nitrogen and oxygen atoms in total. The lowest BCUT2D eigenvalue weighted by Gasteiger charge is -2.12. The molecule has 1 unspecified atom stereocenters. The van der Waals surface area contributed by atoms with E-state index < -0.39 is 0 Å². The molecule has 86 valence electrons. The fourth-order valence-corrected chi connectivity index (χ4v) is 1.26. The van der Waals surface area contributed by atoms with Gasteiger partial charge in [0.1, 0.15) is 0 Å². The summed E-state index contributed by atoms with van der Waals surface area (Å²) in [7, 11) is 1.72. The van der Waals surface area contributed by atoms with Crippen molar-refractivity contribution in [3.05, 3.63) is 0 Å². The normalized spacial score (nSPS) is 13.1.